The second-order valence-corrected chi connectivity index (χ2v) is 5.90. The van der Waals surface area contributed by atoms with Crippen LogP contribution in [0.5, 0.6) is 0 Å². The van der Waals surface area contributed by atoms with Gasteiger partial charge >= 0.3 is 0 Å². The molecule has 1 unspecified atom stereocenters. The highest BCUT2D eigenvalue weighted by atomic mass is 35.5. The number of halogens is 2. The van der Waals surface area contributed by atoms with Gasteiger partial charge in [-0.15, -0.1) is 24.8 Å². The maximum absolute atomic E-state index is 12.2. The predicted molar refractivity (Wildman–Crippen MR) is 97.8 cm³/mol. The van der Waals surface area contributed by atoms with Gasteiger partial charge in [-0.2, -0.15) is 0 Å². The summed E-state index contributed by atoms with van der Waals surface area (Å²) < 4.78 is 7.27. The third-order valence-corrected chi connectivity index (χ3v) is 4.17. The molecule has 2 aromatic heterocycles. The third-order valence-electron chi connectivity index (χ3n) is 4.17. The molecule has 0 aliphatic carbocycles. The molecule has 1 amide bonds. The lowest BCUT2D eigenvalue weighted by atomic mass is 9.92. The van der Waals surface area contributed by atoms with E-state index in [0.29, 0.717) is 19.8 Å². The molecule has 2 aromatic rings. The highest BCUT2D eigenvalue weighted by Gasteiger charge is 2.26. The minimum atomic E-state index is -0.469. The van der Waals surface area contributed by atoms with Crippen LogP contribution < -0.4 is 11.1 Å². The van der Waals surface area contributed by atoms with Gasteiger partial charge in [-0.1, -0.05) is 6.07 Å². The van der Waals surface area contributed by atoms with E-state index in [1.165, 1.54) is 5.56 Å². The number of nitrogens with zero attached hydrogens (tertiary/aromatic N) is 2. The van der Waals surface area contributed by atoms with Gasteiger partial charge in [-0.3, -0.25) is 4.79 Å². The van der Waals surface area contributed by atoms with Crippen molar-refractivity contribution in [3.8, 4) is 0 Å². The molecule has 24 heavy (non-hydrogen) atoms. The van der Waals surface area contributed by atoms with E-state index in [1.54, 1.807) is 0 Å². The van der Waals surface area contributed by atoms with E-state index in [1.807, 2.05) is 35.9 Å². The first kappa shape index (κ1) is 20.7. The summed E-state index contributed by atoms with van der Waals surface area (Å²) in [5.74, 6) is 0.0950. The van der Waals surface area contributed by atoms with Crippen molar-refractivity contribution in [2.75, 3.05) is 13.2 Å². The molecule has 8 heteroatoms. The van der Waals surface area contributed by atoms with Gasteiger partial charge in [-0.05, 0) is 37.3 Å². The lowest BCUT2D eigenvalue weighted by Gasteiger charge is -2.26. The average Bonchev–Trinajstić information content (AvgIpc) is 2.94. The Hall–Kier alpha value is -1.34. The summed E-state index contributed by atoms with van der Waals surface area (Å²) in [6.07, 6.45) is 5.65. The number of nitrogens with two attached hydrogens (primary N) is 1. The maximum atomic E-state index is 12.2. The molecular weight excluding hydrogens is 351 g/mol. The normalized spacial score (nSPS) is 16.1. The molecule has 3 N–H and O–H groups in total. The molecule has 0 bridgehead atoms. The van der Waals surface area contributed by atoms with Crippen LogP contribution in [0.1, 0.15) is 24.1 Å². The number of aromatic nitrogens is 2. The monoisotopic (exact) mass is 374 g/mol. The Morgan fingerprint density at radius 1 is 1.38 bits per heavy atom. The lowest BCUT2D eigenvalue weighted by Crippen LogP contribution is -2.46. The summed E-state index contributed by atoms with van der Waals surface area (Å²) in [7, 11) is 0. The average molecular weight is 375 g/mol. The molecule has 0 spiro atoms. The second-order valence-electron chi connectivity index (χ2n) is 5.90. The second kappa shape index (κ2) is 9.22. The van der Waals surface area contributed by atoms with Crippen LogP contribution in [-0.2, 0) is 16.1 Å². The number of amides is 1. The van der Waals surface area contributed by atoms with E-state index in [2.05, 4.69) is 10.3 Å². The van der Waals surface area contributed by atoms with E-state index in [-0.39, 0.29) is 36.6 Å². The van der Waals surface area contributed by atoms with Crippen LogP contribution in [-0.4, -0.2) is 34.5 Å². The van der Waals surface area contributed by atoms with Gasteiger partial charge in [0.1, 0.15) is 5.65 Å². The van der Waals surface area contributed by atoms with Crippen molar-refractivity contribution in [1.82, 2.24) is 14.7 Å². The Bertz CT molecular complexity index is 671. The van der Waals surface area contributed by atoms with Gasteiger partial charge in [0.25, 0.3) is 0 Å². The molecule has 134 valence electrons. The molecule has 6 nitrogen and oxygen atoms in total. The minimum absolute atomic E-state index is 0. The number of hydrogen-bond donors (Lipinski definition) is 2. The van der Waals surface area contributed by atoms with Crippen LogP contribution in [0, 0.1) is 12.8 Å². The van der Waals surface area contributed by atoms with Crippen molar-refractivity contribution in [3.63, 3.8) is 0 Å². The molecule has 1 saturated heterocycles. The summed E-state index contributed by atoms with van der Waals surface area (Å²) in [5.41, 5.74) is 8.94. The number of hydrogen-bond acceptors (Lipinski definition) is 4. The van der Waals surface area contributed by atoms with Crippen LogP contribution >= 0.6 is 24.8 Å². The van der Waals surface area contributed by atoms with E-state index in [9.17, 15) is 4.79 Å². The number of carbonyl (C=O) groups is 1. The Morgan fingerprint density at radius 3 is 2.79 bits per heavy atom. The van der Waals surface area contributed by atoms with Crippen LogP contribution in [0.2, 0.25) is 0 Å². The number of carbonyl (C=O) groups excluding carboxylic acids is 1. The SMILES string of the molecule is Cc1ccc2nc(CNC(=O)C(N)C3CCOCC3)cn2c1.Cl.Cl. The molecule has 3 heterocycles. The number of ether oxygens (including phenoxy) is 1. The lowest BCUT2D eigenvalue weighted by molar-refractivity contribution is -0.124. The molecule has 1 atom stereocenters. The van der Waals surface area contributed by atoms with Gasteiger partial charge in [0.15, 0.2) is 0 Å². The number of nitrogens with one attached hydrogen (secondary N) is 1. The summed E-state index contributed by atoms with van der Waals surface area (Å²) in [5, 5.41) is 2.89. The maximum Gasteiger partial charge on any atom is 0.237 e. The molecule has 1 aliphatic rings. The van der Waals surface area contributed by atoms with E-state index in [0.717, 1.165) is 24.2 Å². The first-order chi connectivity index (χ1) is 10.6. The number of rotatable bonds is 4. The minimum Gasteiger partial charge on any atom is -0.381 e. The van der Waals surface area contributed by atoms with Gasteiger partial charge in [0.2, 0.25) is 5.91 Å². The highest BCUT2D eigenvalue weighted by Crippen LogP contribution is 2.17. The Morgan fingerprint density at radius 2 is 2.08 bits per heavy atom. The fourth-order valence-electron chi connectivity index (χ4n) is 2.83. The van der Waals surface area contributed by atoms with E-state index in [4.69, 9.17) is 10.5 Å². The molecular formula is C16H24Cl2N4O2. The first-order valence-electron chi connectivity index (χ1n) is 7.69. The summed E-state index contributed by atoms with van der Waals surface area (Å²) in [6.45, 7) is 3.82. The quantitative estimate of drug-likeness (QED) is 0.855. The van der Waals surface area contributed by atoms with Crippen molar-refractivity contribution in [2.24, 2.45) is 11.7 Å². The molecule has 1 aliphatic heterocycles. The van der Waals surface area contributed by atoms with Crippen molar-refractivity contribution in [2.45, 2.75) is 32.4 Å². The third kappa shape index (κ3) is 4.83. The Balaban J connectivity index is 0.00000144. The van der Waals surface area contributed by atoms with Crippen LogP contribution in [0.15, 0.2) is 24.5 Å². The van der Waals surface area contributed by atoms with E-state index < -0.39 is 6.04 Å². The van der Waals surface area contributed by atoms with Crippen molar-refractivity contribution < 1.29 is 9.53 Å². The smallest absolute Gasteiger partial charge is 0.237 e. The van der Waals surface area contributed by atoms with Gasteiger partial charge in [0.05, 0.1) is 18.3 Å². The van der Waals surface area contributed by atoms with Crippen molar-refractivity contribution in [1.29, 1.82) is 0 Å². The Labute approximate surface area is 154 Å². The molecule has 1 fully saturated rings. The standard InChI is InChI=1S/C16H22N4O2.2ClH/c1-11-2-3-14-19-13(10-20(14)9-11)8-18-16(21)15(17)12-4-6-22-7-5-12;;/h2-3,9-10,12,15H,4-8,17H2,1H3,(H,18,21);2*1H. The van der Waals surface area contributed by atoms with E-state index >= 15 is 0 Å². The van der Waals surface area contributed by atoms with Crippen molar-refractivity contribution in [3.05, 3.63) is 35.8 Å². The first-order valence-corrected chi connectivity index (χ1v) is 7.69. The van der Waals surface area contributed by atoms with Gasteiger partial charge < -0.3 is 20.2 Å². The van der Waals surface area contributed by atoms with Crippen LogP contribution in [0.25, 0.3) is 5.65 Å². The zero-order valence-electron chi connectivity index (χ0n) is 13.6. The largest absolute Gasteiger partial charge is 0.381 e. The van der Waals surface area contributed by atoms with Crippen LogP contribution in [0.3, 0.4) is 0 Å². The molecule has 0 aromatic carbocycles. The molecule has 3 rings (SSSR count). The van der Waals surface area contributed by atoms with Crippen LogP contribution in [0.4, 0.5) is 0 Å². The Kier molecular flexibility index (Phi) is 7.96. The molecule has 0 radical (unpaired) electrons. The fraction of sp³-hybridized carbons (Fsp3) is 0.500. The van der Waals surface area contributed by atoms with Crippen molar-refractivity contribution >= 4 is 36.4 Å². The fourth-order valence-corrected chi connectivity index (χ4v) is 2.83. The number of aryl methyl sites for hydroxylation is 1. The zero-order valence-corrected chi connectivity index (χ0v) is 15.2. The summed E-state index contributed by atoms with van der Waals surface area (Å²) >= 11 is 0. The van der Waals surface area contributed by atoms with Gasteiger partial charge in [-0.25, -0.2) is 4.98 Å². The topological polar surface area (TPSA) is 81.7 Å². The number of imidazole rings is 1. The number of pyridine rings is 1. The number of fused-ring (bicyclic) bond motifs is 1. The zero-order chi connectivity index (χ0) is 15.5. The van der Waals surface area contributed by atoms with Gasteiger partial charge in [0, 0.05) is 25.6 Å². The summed E-state index contributed by atoms with van der Waals surface area (Å²) in [4.78, 5) is 16.7. The predicted octanol–water partition coefficient (Wildman–Crippen LogP) is 1.86. The molecule has 0 saturated carbocycles. The summed E-state index contributed by atoms with van der Waals surface area (Å²) in [6, 6.07) is 3.52. The highest BCUT2D eigenvalue weighted by molar-refractivity contribution is 5.85.